The van der Waals surface area contributed by atoms with E-state index in [9.17, 15) is 24.8 Å². The van der Waals surface area contributed by atoms with Crippen LogP contribution in [0.4, 0.5) is 11.4 Å². The summed E-state index contributed by atoms with van der Waals surface area (Å²) >= 11 is 0. The Morgan fingerprint density at radius 2 is 1.55 bits per heavy atom. The van der Waals surface area contributed by atoms with Crippen LogP contribution in [-0.4, -0.2) is 21.7 Å². The van der Waals surface area contributed by atoms with Gasteiger partial charge in [0.1, 0.15) is 5.76 Å². The molecular formula is C24H18N2O5. The first-order valence-electron chi connectivity index (χ1n) is 9.56. The summed E-state index contributed by atoms with van der Waals surface area (Å²) in [6, 6.07) is 20.5. The lowest BCUT2D eigenvalue weighted by Gasteiger charge is -2.26. The number of benzene rings is 3. The van der Waals surface area contributed by atoms with Crippen molar-refractivity contribution in [1.82, 2.24) is 0 Å². The summed E-state index contributed by atoms with van der Waals surface area (Å²) in [5, 5.41) is 22.0. The molecule has 0 aliphatic carbocycles. The van der Waals surface area contributed by atoms with E-state index in [-0.39, 0.29) is 22.6 Å². The minimum atomic E-state index is -0.834. The molecule has 0 spiro atoms. The molecule has 7 nitrogen and oxygen atoms in total. The number of hydrogen-bond acceptors (Lipinski definition) is 5. The molecule has 3 aromatic carbocycles. The van der Waals surface area contributed by atoms with Crippen molar-refractivity contribution in [3.8, 4) is 0 Å². The first kappa shape index (κ1) is 20.0. The summed E-state index contributed by atoms with van der Waals surface area (Å²) in [7, 11) is 0. The Morgan fingerprint density at radius 3 is 2.16 bits per heavy atom. The largest absolute Gasteiger partial charge is 0.507 e. The van der Waals surface area contributed by atoms with Crippen LogP contribution in [0.25, 0.3) is 5.76 Å². The molecule has 31 heavy (non-hydrogen) atoms. The first-order chi connectivity index (χ1) is 14.9. The van der Waals surface area contributed by atoms with Crippen molar-refractivity contribution >= 4 is 28.8 Å². The Labute approximate surface area is 178 Å². The standard InChI is InChI=1S/C24H18N2O5/c1-15-7-5-6-10-19(15)21-20(22(27)16-11-13-18(14-12-16)26(30)31)23(28)24(29)25(21)17-8-3-2-4-9-17/h2-14,21,27H,1H3/b22-20+. The van der Waals surface area contributed by atoms with E-state index in [0.717, 1.165) is 5.56 Å². The van der Waals surface area contributed by atoms with Crippen LogP contribution in [0.1, 0.15) is 22.7 Å². The maximum atomic E-state index is 13.1. The number of amides is 1. The van der Waals surface area contributed by atoms with Gasteiger partial charge in [-0.25, -0.2) is 0 Å². The summed E-state index contributed by atoms with van der Waals surface area (Å²) in [6.07, 6.45) is 0. The molecule has 1 aliphatic rings. The summed E-state index contributed by atoms with van der Waals surface area (Å²) < 4.78 is 0. The van der Waals surface area contributed by atoms with Gasteiger partial charge in [-0.2, -0.15) is 0 Å². The lowest BCUT2D eigenvalue weighted by Crippen LogP contribution is -2.29. The number of ketones is 1. The third-order valence-corrected chi connectivity index (χ3v) is 5.31. The molecule has 1 heterocycles. The number of nitro benzene ring substituents is 1. The molecule has 154 valence electrons. The third-order valence-electron chi connectivity index (χ3n) is 5.31. The number of aliphatic hydroxyl groups excluding tert-OH is 1. The van der Waals surface area contributed by atoms with Crippen molar-refractivity contribution < 1.29 is 19.6 Å². The lowest BCUT2D eigenvalue weighted by atomic mass is 9.92. The number of para-hydroxylation sites is 1. The van der Waals surface area contributed by atoms with E-state index in [4.69, 9.17) is 0 Å². The summed E-state index contributed by atoms with van der Waals surface area (Å²) in [5.41, 5.74) is 2.10. The Kier molecular flexibility index (Phi) is 5.09. The fourth-order valence-corrected chi connectivity index (χ4v) is 3.77. The van der Waals surface area contributed by atoms with Gasteiger partial charge in [0, 0.05) is 23.4 Å². The normalized spacial score (nSPS) is 17.7. The van der Waals surface area contributed by atoms with Crippen LogP contribution in [-0.2, 0) is 9.59 Å². The molecule has 0 bridgehead atoms. The van der Waals surface area contributed by atoms with Gasteiger partial charge < -0.3 is 5.11 Å². The zero-order valence-corrected chi connectivity index (χ0v) is 16.6. The highest BCUT2D eigenvalue weighted by molar-refractivity contribution is 6.51. The van der Waals surface area contributed by atoms with Crippen molar-refractivity contribution in [2.45, 2.75) is 13.0 Å². The molecular weight excluding hydrogens is 396 g/mol. The minimum absolute atomic E-state index is 0.0583. The average Bonchev–Trinajstić information content (AvgIpc) is 3.04. The van der Waals surface area contributed by atoms with Crippen LogP contribution in [0.2, 0.25) is 0 Å². The van der Waals surface area contributed by atoms with Gasteiger partial charge in [-0.05, 0) is 42.3 Å². The van der Waals surface area contributed by atoms with Gasteiger partial charge in [0.05, 0.1) is 16.5 Å². The van der Waals surface area contributed by atoms with Gasteiger partial charge in [0.25, 0.3) is 17.4 Å². The van der Waals surface area contributed by atoms with Crippen LogP contribution in [0.3, 0.4) is 0 Å². The van der Waals surface area contributed by atoms with Gasteiger partial charge in [0.2, 0.25) is 0 Å². The molecule has 1 unspecified atom stereocenters. The maximum absolute atomic E-state index is 13.1. The predicted molar refractivity (Wildman–Crippen MR) is 116 cm³/mol. The molecule has 7 heteroatoms. The van der Waals surface area contributed by atoms with Crippen LogP contribution < -0.4 is 4.90 Å². The molecule has 1 amide bonds. The number of aliphatic hydroxyl groups is 1. The highest BCUT2D eigenvalue weighted by atomic mass is 16.6. The Balaban J connectivity index is 1.93. The van der Waals surface area contributed by atoms with Gasteiger partial charge in [-0.1, -0.05) is 42.5 Å². The SMILES string of the molecule is Cc1ccccc1C1/C(=C(\O)c2ccc([N+](=O)[O-])cc2)C(=O)C(=O)N1c1ccccc1. The number of Topliss-reactive ketones (excluding diaryl/α,β-unsaturated/α-hetero) is 1. The smallest absolute Gasteiger partial charge is 0.300 e. The fraction of sp³-hybridized carbons (Fsp3) is 0.0833. The third kappa shape index (κ3) is 3.46. The Morgan fingerprint density at radius 1 is 0.935 bits per heavy atom. The van der Waals surface area contributed by atoms with Gasteiger partial charge in [-0.15, -0.1) is 0 Å². The number of non-ortho nitro benzene ring substituents is 1. The molecule has 1 fully saturated rings. The summed E-state index contributed by atoms with van der Waals surface area (Å²) in [5.74, 6) is -1.93. The molecule has 4 rings (SSSR count). The maximum Gasteiger partial charge on any atom is 0.300 e. The van der Waals surface area contributed by atoms with Crippen LogP contribution >= 0.6 is 0 Å². The Hall–Kier alpha value is -4.26. The van der Waals surface area contributed by atoms with Gasteiger partial charge in [-0.3, -0.25) is 24.6 Å². The second kappa shape index (κ2) is 7.87. The van der Waals surface area contributed by atoms with Crippen molar-refractivity contribution in [1.29, 1.82) is 0 Å². The van der Waals surface area contributed by atoms with E-state index in [0.29, 0.717) is 11.3 Å². The van der Waals surface area contributed by atoms with Crippen molar-refractivity contribution in [3.63, 3.8) is 0 Å². The average molecular weight is 414 g/mol. The fourth-order valence-electron chi connectivity index (χ4n) is 3.77. The van der Waals surface area contributed by atoms with E-state index in [2.05, 4.69) is 0 Å². The molecule has 1 saturated heterocycles. The van der Waals surface area contributed by atoms with Crippen LogP contribution in [0.15, 0.2) is 84.4 Å². The number of rotatable bonds is 4. The molecule has 1 atom stereocenters. The predicted octanol–water partition coefficient (Wildman–Crippen LogP) is 4.53. The van der Waals surface area contributed by atoms with E-state index in [1.165, 1.54) is 29.2 Å². The molecule has 0 saturated carbocycles. The van der Waals surface area contributed by atoms with Gasteiger partial charge in [0.15, 0.2) is 0 Å². The highest BCUT2D eigenvalue weighted by Gasteiger charge is 2.47. The number of nitrogens with zero attached hydrogens (tertiary/aromatic N) is 2. The second-order valence-electron chi connectivity index (χ2n) is 7.17. The number of carbonyl (C=O) groups is 2. The lowest BCUT2D eigenvalue weighted by molar-refractivity contribution is -0.384. The summed E-state index contributed by atoms with van der Waals surface area (Å²) in [4.78, 5) is 37.8. The zero-order chi connectivity index (χ0) is 22.1. The van der Waals surface area contributed by atoms with Gasteiger partial charge >= 0.3 is 0 Å². The number of anilines is 1. The molecule has 0 radical (unpaired) electrons. The second-order valence-corrected chi connectivity index (χ2v) is 7.17. The molecule has 3 aromatic rings. The number of carbonyl (C=O) groups excluding carboxylic acids is 2. The van der Waals surface area contributed by atoms with Crippen molar-refractivity contribution in [2.75, 3.05) is 4.90 Å². The van der Waals surface area contributed by atoms with Crippen LogP contribution in [0, 0.1) is 17.0 Å². The van der Waals surface area contributed by atoms with Crippen molar-refractivity contribution in [3.05, 3.63) is 111 Å². The highest BCUT2D eigenvalue weighted by Crippen LogP contribution is 2.43. The quantitative estimate of drug-likeness (QED) is 0.222. The van der Waals surface area contributed by atoms with E-state index in [1.54, 1.807) is 36.4 Å². The van der Waals surface area contributed by atoms with E-state index < -0.39 is 22.7 Å². The minimum Gasteiger partial charge on any atom is -0.507 e. The number of aryl methyl sites for hydroxylation is 1. The zero-order valence-electron chi connectivity index (χ0n) is 16.6. The number of nitro groups is 1. The molecule has 1 aliphatic heterocycles. The Bertz CT molecular complexity index is 1220. The first-order valence-corrected chi connectivity index (χ1v) is 9.56. The monoisotopic (exact) mass is 414 g/mol. The number of hydrogen-bond donors (Lipinski definition) is 1. The molecule has 1 N–H and O–H groups in total. The van der Waals surface area contributed by atoms with E-state index >= 15 is 0 Å². The van der Waals surface area contributed by atoms with Crippen molar-refractivity contribution in [2.24, 2.45) is 0 Å². The topological polar surface area (TPSA) is 101 Å². The summed E-state index contributed by atoms with van der Waals surface area (Å²) in [6.45, 7) is 1.87. The van der Waals surface area contributed by atoms with E-state index in [1.807, 2.05) is 25.1 Å². The van der Waals surface area contributed by atoms with Crippen LogP contribution in [0.5, 0.6) is 0 Å². The molecule has 0 aromatic heterocycles.